The summed E-state index contributed by atoms with van der Waals surface area (Å²) in [5, 5.41) is 4.15. The quantitative estimate of drug-likeness (QED) is 0.514. The summed E-state index contributed by atoms with van der Waals surface area (Å²) >= 11 is 1.56. The van der Waals surface area contributed by atoms with Crippen LogP contribution < -0.4 is 21.2 Å². The van der Waals surface area contributed by atoms with E-state index in [0.29, 0.717) is 0 Å². The van der Waals surface area contributed by atoms with Gasteiger partial charge in [0, 0.05) is 10.9 Å². The average molecular weight is 311 g/mol. The van der Waals surface area contributed by atoms with Crippen molar-refractivity contribution in [3.63, 3.8) is 0 Å². The second-order valence-electron chi connectivity index (χ2n) is 2.62. The lowest BCUT2D eigenvalue weighted by molar-refractivity contribution is -0.535. The van der Waals surface area contributed by atoms with Crippen molar-refractivity contribution in [3.05, 3.63) is 56.3 Å². The molecule has 0 N–H and O–H groups in total. The number of rotatable bonds is 1. The molecule has 0 aliphatic carbocycles. The van der Waals surface area contributed by atoms with Gasteiger partial charge in [-0.1, -0.05) is 18.2 Å². The highest BCUT2D eigenvalue weighted by Gasteiger charge is 2.05. The largest absolute Gasteiger partial charge is 0.420 e. The Balaban J connectivity index is 2.01. The van der Waals surface area contributed by atoms with Gasteiger partial charge in [0.25, 0.3) is 0 Å². The standard InChI is InChI=1S/C12H8IS/c1-2-4-12(5-3-1)13-8-6-11-7-9-14-10-11/h1-5,7,9-10H/q+1. The summed E-state index contributed by atoms with van der Waals surface area (Å²) < 4.78 is 4.65. The molecule has 0 radical (unpaired) electrons. The molecule has 0 bridgehead atoms. The van der Waals surface area contributed by atoms with Gasteiger partial charge in [0.15, 0.2) is 3.93 Å². The van der Waals surface area contributed by atoms with Gasteiger partial charge in [-0.25, -0.2) is 0 Å². The van der Waals surface area contributed by atoms with E-state index >= 15 is 0 Å². The van der Waals surface area contributed by atoms with E-state index in [-0.39, 0.29) is 21.2 Å². The van der Waals surface area contributed by atoms with Crippen molar-refractivity contribution in [2.75, 3.05) is 0 Å². The highest BCUT2D eigenvalue weighted by Crippen LogP contribution is 2.02. The van der Waals surface area contributed by atoms with Gasteiger partial charge in [-0.2, -0.15) is 11.3 Å². The van der Waals surface area contributed by atoms with E-state index in [1.54, 1.807) is 11.3 Å². The number of halogens is 1. The third-order valence-corrected chi connectivity index (χ3v) is 4.17. The first-order valence-corrected chi connectivity index (χ1v) is 7.27. The highest BCUT2D eigenvalue weighted by atomic mass is 127. The molecule has 0 nitrogen and oxygen atoms in total. The minimum Gasteiger partial charge on any atom is -0.151 e. The zero-order valence-electron chi connectivity index (χ0n) is 7.41. The highest BCUT2D eigenvalue weighted by molar-refractivity contribution is 7.08. The molecule has 0 amide bonds. The molecule has 0 unspecified atom stereocenters. The van der Waals surface area contributed by atoms with Crippen molar-refractivity contribution in [2.24, 2.45) is 0 Å². The smallest absolute Gasteiger partial charge is 0.151 e. The Morgan fingerprint density at radius 2 is 1.93 bits per heavy atom. The van der Waals surface area contributed by atoms with Crippen LogP contribution >= 0.6 is 11.3 Å². The number of thiophene rings is 1. The molecule has 0 aliphatic heterocycles. The van der Waals surface area contributed by atoms with E-state index in [1.807, 2.05) is 6.07 Å². The fourth-order valence-electron chi connectivity index (χ4n) is 0.946. The summed E-state index contributed by atoms with van der Waals surface area (Å²) in [5.74, 6) is 3.18. The first-order chi connectivity index (χ1) is 6.95. The summed E-state index contributed by atoms with van der Waals surface area (Å²) in [5.41, 5.74) is 1.14. The number of hydrogen-bond acceptors (Lipinski definition) is 1. The monoisotopic (exact) mass is 311 g/mol. The lowest BCUT2D eigenvalue weighted by Gasteiger charge is -1.76. The summed E-state index contributed by atoms with van der Waals surface area (Å²) in [6.07, 6.45) is 0. The van der Waals surface area contributed by atoms with Crippen LogP contribution in [-0.2, 0) is 0 Å². The Kier molecular flexibility index (Phi) is 3.61. The molecule has 2 heteroatoms. The van der Waals surface area contributed by atoms with E-state index in [9.17, 15) is 0 Å². The molecule has 0 aliphatic rings. The van der Waals surface area contributed by atoms with Crippen molar-refractivity contribution in [3.8, 4) is 9.85 Å². The van der Waals surface area contributed by atoms with Gasteiger partial charge in [-0.05, 0) is 29.5 Å². The van der Waals surface area contributed by atoms with Crippen LogP contribution in [0.5, 0.6) is 0 Å². The van der Waals surface area contributed by atoms with E-state index in [1.165, 1.54) is 3.57 Å². The van der Waals surface area contributed by atoms with Crippen molar-refractivity contribution in [1.82, 2.24) is 0 Å². The lowest BCUT2D eigenvalue weighted by atomic mass is 10.4. The van der Waals surface area contributed by atoms with Crippen LogP contribution in [0.1, 0.15) is 5.56 Å². The molecule has 0 saturated heterocycles. The first-order valence-electron chi connectivity index (χ1n) is 4.17. The third-order valence-electron chi connectivity index (χ3n) is 1.60. The van der Waals surface area contributed by atoms with Crippen LogP contribution in [0.2, 0.25) is 0 Å². The number of benzene rings is 1. The van der Waals surface area contributed by atoms with Gasteiger partial charge < -0.3 is 0 Å². The van der Waals surface area contributed by atoms with Crippen LogP contribution in [0.15, 0.2) is 47.2 Å². The molecular formula is C12H8IS+. The fourth-order valence-corrected chi connectivity index (χ4v) is 3.07. The van der Waals surface area contributed by atoms with Gasteiger partial charge in [-0.15, -0.1) is 0 Å². The Morgan fingerprint density at radius 3 is 2.64 bits per heavy atom. The van der Waals surface area contributed by atoms with Gasteiger partial charge in [0.1, 0.15) is 0 Å². The summed E-state index contributed by atoms with van der Waals surface area (Å²) in [6, 6.07) is 12.5. The first kappa shape index (κ1) is 9.75. The van der Waals surface area contributed by atoms with Crippen molar-refractivity contribution < 1.29 is 21.2 Å². The molecular weight excluding hydrogens is 303 g/mol. The molecule has 0 saturated carbocycles. The molecule has 14 heavy (non-hydrogen) atoms. The van der Waals surface area contributed by atoms with Crippen molar-refractivity contribution in [2.45, 2.75) is 0 Å². The van der Waals surface area contributed by atoms with Crippen molar-refractivity contribution in [1.29, 1.82) is 0 Å². The van der Waals surface area contributed by atoms with E-state index < -0.39 is 0 Å². The molecule has 1 aromatic carbocycles. The Morgan fingerprint density at radius 1 is 1.07 bits per heavy atom. The molecule has 0 fully saturated rings. The van der Waals surface area contributed by atoms with Crippen LogP contribution in [0.3, 0.4) is 0 Å². The Hall–Kier alpha value is -0.790. The molecule has 68 valence electrons. The van der Waals surface area contributed by atoms with Gasteiger partial charge in [0.05, 0.1) is 0 Å². The fraction of sp³-hybridized carbons (Fsp3) is 0. The zero-order valence-corrected chi connectivity index (χ0v) is 10.4. The molecule has 0 spiro atoms. The maximum atomic E-state index is 3.27. The topological polar surface area (TPSA) is 0 Å². The van der Waals surface area contributed by atoms with Gasteiger partial charge in [-0.3, -0.25) is 0 Å². The SMILES string of the molecule is C(#Cc1ccsc1)[I+]c1ccccc1. The Labute approximate surface area is 98.2 Å². The summed E-state index contributed by atoms with van der Waals surface area (Å²) in [7, 11) is 0. The van der Waals surface area contributed by atoms with Crippen LogP contribution in [-0.4, -0.2) is 0 Å². The Bertz CT molecular complexity index is 434. The van der Waals surface area contributed by atoms with Crippen LogP contribution in [0.4, 0.5) is 0 Å². The van der Waals surface area contributed by atoms with Gasteiger partial charge in [0.2, 0.25) is 3.57 Å². The molecule has 0 atom stereocenters. The maximum absolute atomic E-state index is 3.27. The van der Waals surface area contributed by atoms with E-state index in [2.05, 4.69) is 50.9 Å². The van der Waals surface area contributed by atoms with E-state index in [0.717, 1.165) is 5.56 Å². The molecule has 1 aromatic heterocycles. The molecule has 2 rings (SSSR count). The average Bonchev–Trinajstić information content (AvgIpc) is 2.72. The lowest BCUT2D eigenvalue weighted by Crippen LogP contribution is -3.59. The minimum absolute atomic E-state index is 0.136. The third kappa shape index (κ3) is 2.86. The summed E-state index contributed by atoms with van der Waals surface area (Å²) in [4.78, 5) is 0. The van der Waals surface area contributed by atoms with Gasteiger partial charge >= 0.3 is 21.2 Å². The normalized spacial score (nSPS) is 9.14. The zero-order chi connectivity index (χ0) is 9.64. The predicted octanol–water partition coefficient (Wildman–Crippen LogP) is 0.0159. The van der Waals surface area contributed by atoms with E-state index in [4.69, 9.17) is 0 Å². The van der Waals surface area contributed by atoms with Crippen molar-refractivity contribution >= 4 is 11.3 Å². The van der Waals surface area contributed by atoms with Crippen LogP contribution in [0.25, 0.3) is 0 Å². The predicted molar refractivity (Wildman–Crippen MR) is 56.3 cm³/mol. The second-order valence-corrected chi connectivity index (χ2v) is 5.73. The number of hydrogen-bond donors (Lipinski definition) is 0. The molecule has 2 aromatic rings. The molecule has 1 heterocycles. The summed E-state index contributed by atoms with van der Waals surface area (Å²) in [6.45, 7) is 0. The minimum atomic E-state index is -0.136. The second kappa shape index (κ2) is 5.18. The maximum Gasteiger partial charge on any atom is 0.420 e. The van der Waals surface area contributed by atoms with Crippen LogP contribution in [0, 0.1) is 13.4 Å².